The largest absolute Gasteiger partial charge is 0.330 e. The highest BCUT2D eigenvalue weighted by atomic mass is 79.9. The summed E-state index contributed by atoms with van der Waals surface area (Å²) in [4.78, 5) is 0. The third-order valence-electron chi connectivity index (χ3n) is 2.52. The highest BCUT2D eigenvalue weighted by Crippen LogP contribution is 2.46. The molecule has 0 radical (unpaired) electrons. The van der Waals surface area contributed by atoms with Crippen LogP contribution in [0.1, 0.15) is 17.9 Å². The van der Waals surface area contributed by atoms with Crippen LogP contribution >= 0.6 is 28.3 Å². The molecule has 2 atom stereocenters. The molecular formula is C10H13BrClN. The van der Waals surface area contributed by atoms with E-state index in [1.54, 1.807) is 0 Å². The van der Waals surface area contributed by atoms with Crippen LogP contribution in [0.5, 0.6) is 0 Å². The van der Waals surface area contributed by atoms with Crippen LogP contribution in [0.25, 0.3) is 0 Å². The lowest BCUT2D eigenvalue weighted by atomic mass is 10.1. The zero-order valence-corrected chi connectivity index (χ0v) is 9.64. The number of hydrogen-bond acceptors (Lipinski definition) is 1. The van der Waals surface area contributed by atoms with Crippen molar-refractivity contribution in [3.63, 3.8) is 0 Å². The third kappa shape index (κ3) is 2.46. The predicted molar refractivity (Wildman–Crippen MR) is 61.3 cm³/mol. The number of rotatable bonds is 2. The van der Waals surface area contributed by atoms with E-state index in [0.29, 0.717) is 0 Å². The molecule has 0 aromatic heterocycles. The van der Waals surface area contributed by atoms with E-state index in [4.69, 9.17) is 5.73 Å². The molecule has 72 valence electrons. The Labute approximate surface area is 93.2 Å². The molecule has 2 N–H and O–H groups in total. The maximum atomic E-state index is 5.58. The summed E-state index contributed by atoms with van der Waals surface area (Å²) in [5, 5.41) is 0. The van der Waals surface area contributed by atoms with Crippen molar-refractivity contribution in [1.29, 1.82) is 0 Å². The van der Waals surface area contributed by atoms with Gasteiger partial charge in [-0.25, -0.2) is 0 Å². The summed E-state index contributed by atoms with van der Waals surface area (Å²) >= 11 is 3.42. The minimum atomic E-state index is 0. The van der Waals surface area contributed by atoms with E-state index >= 15 is 0 Å². The molecule has 0 amide bonds. The standard InChI is InChI=1S/C10H12BrN.ClH/c11-9-3-1-7(2-4-9)10-5-8(10)6-12;/h1-4,8,10H,5-6,12H2;1H. The second kappa shape index (κ2) is 4.45. The quantitative estimate of drug-likeness (QED) is 0.871. The summed E-state index contributed by atoms with van der Waals surface area (Å²) in [5.41, 5.74) is 7.02. The van der Waals surface area contributed by atoms with Gasteiger partial charge in [-0.1, -0.05) is 28.1 Å². The minimum absolute atomic E-state index is 0. The molecule has 0 bridgehead atoms. The zero-order valence-electron chi connectivity index (χ0n) is 7.24. The van der Waals surface area contributed by atoms with E-state index in [1.807, 2.05) is 0 Å². The fourth-order valence-electron chi connectivity index (χ4n) is 1.63. The predicted octanol–water partition coefficient (Wildman–Crippen LogP) is 2.93. The Balaban J connectivity index is 0.000000845. The van der Waals surface area contributed by atoms with Crippen molar-refractivity contribution in [2.45, 2.75) is 12.3 Å². The first-order valence-electron chi connectivity index (χ1n) is 4.27. The van der Waals surface area contributed by atoms with Crippen molar-refractivity contribution < 1.29 is 0 Å². The molecular weight excluding hydrogens is 249 g/mol. The van der Waals surface area contributed by atoms with E-state index in [0.717, 1.165) is 22.9 Å². The lowest BCUT2D eigenvalue weighted by Crippen LogP contribution is -2.01. The molecule has 1 aliphatic rings. The minimum Gasteiger partial charge on any atom is -0.330 e. The van der Waals surface area contributed by atoms with Crippen molar-refractivity contribution in [1.82, 2.24) is 0 Å². The summed E-state index contributed by atoms with van der Waals surface area (Å²) in [6, 6.07) is 8.57. The summed E-state index contributed by atoms with van der Waals surface area (Å²) < 4.78 is 1.15. The van der Waals surface area contributed by atoms with E-state index < -0.39 is 0 Å². The van der Waals surface area contributed by atoms with Gasteiger partial charge in [-0.3, -0.25) is 0 Å². The van der Waals surface area contributed by atoms with Crippen LogP contribution in [0, 0.1) is 5.92 Å². The van der Waals surface area contributed by atoms with Gasteiger partial charge in [-0.05, 0) is 42.5 Å². The zero-order chi connectivity index (χ0) is 8.55. The highest BCUT2D eigenvalue weighted by molar-refractivity contribution is 9.10. The van der Waals surface area contributed by atoms with Gasteiger partial charge in [-0.2, -0.15) is 0 Å². The average molecular weight is 263 g/mol. The van der Waals surface area contributed by atoms with Crippen LogP contribution in [0.4, 0.5) is 0 Å². The van der Waals surface area contributed by atoms with Crippen molar-refractivity contribution in [3.8, 4) is 0 Å². The molecule has 2 rings (SSSR count). The number of benzene rings is 1. The molecule has 1 aromatic rings. The Kier molecular flexibility index (Phi) is 3.77. The molecule has 1 aromatic carbocycles. The molecule has 0 aliphatic heterocycles. The Morgan fingerprint density at radius 1 is 1.31 bits per heavy atom. The second-order valence-corrected chi connectivity index (χ2v) is 4.31. The first-order valence-corrected chi connectivity index (χ1v) is 5.06. The Hall–Kier alpha value is -0.0500. The van der Waals surface area contributed by atoms with Crippen LogP contribution < -0.4 is 5.73 Å². The van der Waals surface area contributed by atoms with Crippen molar-refractivity contribution in [3.05, 3.63) is 34.3 Å². The van der Waals surface area contributed by atoms with Gasteiger partial charge in [0, 0.05) is 4.47 Å². The normalized spacial score (nSPS) is 25.1. The smallest absolute Gasteiger partial charge is 0.0175 e. The topological polar surface area (TPSA) is 26.0 Å². The fourth-order valence-corrected chi connectivity index (χ4v) is 1.89. The van der Waals surface area contributed by atoms with Crippen LogP contribution in [-0.2, 0) is 0 Å². The fraction of sp³-hybridized carbons (Fsp3) is 0.400. The summed E-state index contributed by atoms with van der Waals surface area (Å²) in [6.07, 6.45) is 1.28. The van der Waals surface area contributed by atoms with Crippen LogP contribution in [-0.4, -0.2) is 6.54 Å². The van der Waals surface area contributed by atoms with E-state index in [-0.39, 0.29) is 12.4 Å². The number of nitrogens with two attached hydrogens (primary N) is 1. The molecule has 1 aliphatic carbocycles. The SMILES string of the molecule is Cl.NCC1CC1c1ccc(Br)cc1. The number of hydrogen-bond donors (Lipinski definition) is 1. The van der Waals surface area contributed by atoms with Gasteiger partial charge in [0.15, 0.2) is 0 Å². The maximum Gasteiger partial charge on any atom is 0.0175 e. The third-order valence-corrected chi connectivity index (χ3v) is 3.05. The van der Waals surface area contributed by atoms with E-state index in [9.17, 15) is 0 Å². The maximum absolute atomic E-state index is 5.58. The summed E-state index contributed by atoms with van der Waals surface area (Å²) in [5.74, 6) is 1.48. The summed E-state index contributed by atoms with van der Waals surface area (Å²) in [7, 11) is 0. The van der Waals surface area contributed by atoms with Crippen LogP contribution in [0.15, 0.2) is 28.7 Å². The molecule has 1 fully saturated rings. The van der Waals surface area contributed by atoms with Gasteiger partial charge in [0.05, 0.1) is 0 Å². The van der Waals surface area contributed by atoms with Crippen molar-refractivity contribution in [2.24, 2.45) is 11.7 Å². The molecule has 2 unspecified atom stereocenters. The molecule has 3 heteroatoms. The average Bonchev–Trinajstić information content (AvgIpc) is 2.85. The molecule has 0 saturated heterocycles. The van der Waals surface area contributed by atoms with Crippen LogP contribution in [0.2, 0.25) is 0 Å². The lowest BCUT2D eigenvalue weighted by molar-refractivity contribution is 0.809. The first-order chi connectivity index (χ1) is 5.81. The van der Waals surface area contributed by atoms with Gasteiger partial charge >= 0.3 is 0 Å². The van der Waals surface area contributed by atoms with E-state index in [1.165, 1.54) is 12.0 Å². The first kappa shape index (κ1) is 11.0. The Morgan fingerprint density at radius 3 is 2.38 bits per heavy atom. The molecule has 0 heterocycles. The van der Waals surface area contributed by atoms with Gasteiger partial charge in [0.25, 0.3) is 0 Å². The summed E-state index contributed by atoms with van der Waals surface area (Å²) in [6.45, 7) is 0.834. The van der Waals surface area contributed by atoms with Gasteiger partial charge in [-0.15, -0.1) is 12.4 Å². The van der Waals surface area contributed by atoms with Crippen molar-refractivity contribution in [2.75, 3.05) is 6.54 Å². The lowest BCUT2D eigenvalue weighted by Gasteiger charge is -1.98. The Bertz CT molecular complexity index is 273. The number of halogens is 2. The van der Waals surface area contributed by atoms with Gasteiger partial charge in [0.1, 0.15) is 0 Å². The monoisotopic (exact) mass is 261 g/mol. The van der Waals surface area contributed by atoms with E-state index in [2.05, 4.69) is 40.2 Å². The molecule has 1 saturated carbocycles. The second-order valence-electron chi connectivity index (χ2n) is 3.39. The van der Waals surface area contributed by atoms with Gasteiger partial charge in [0.2, 0.25) is 0 Å². The molecule has 1 nitrogen and oxygen atoms in total. The molecule has 0 spiro atoms. The van der Waals surface area contributed by atoms with Gasteiger partial charge < -0.3 is 5.73 Å². The molecule has 13 heavy (non-hydrogen) atoms. The van der Waals surface area contributed by atoms with Crippen molar-refractivity contribution >= 4 is 28.3 Å². The highest BCUT2D eigenvalue weighted by Gasteiger charge is 2.36. The Morgan fingerprint density at radius 2 is 1.92 bits per heavy atom. The van der Waals surface area contributed by atoms with Crippen LogP contribution in [0.3, 0.4) is 0 Å².